The van der Waals surface area contributed by atoms with Crippen molar-refractivity contribution in [2.45, 2.75) is 19.8 Å². The molecule has 0 aliphatic rings. The molecule has 0 aromatic heterocycles. The molecule has 0 radical (unpaired) electrons. The lowest BCUT2D eigenvalue weighted by Crippen LogP contribution is -2.15. The Kier molecular flexibility index (Phi) is 5.80. The highest BCUT2D eigenvalue weighted by Crippen LogP contribution is 2.08. The van der Waals surface area contributed by atoms with Crippen molar-refractivity contribution >= 4 is 23.5 Å². The Morgan fingerprint density at radius 2 is 2.08 bits per heavy atom. The molecule has 0 saturated carbocycles. The summed E-state index contributed by atoms with van der Waals surface area (Å²) in [5.74, 6) is -0.413. The molecule has 1 unspecified atom stereocenters. The van der Waals surface area contributed by atoms with Gasteiger partial charge in [-0.15, -0.1) is 0 Å². The lowest BCUT2D eigenvalue weighted by atomic mass is 10.0. The summed E-state index contributed by atoms with van der Waals surface area (Å²) in [4.78, 5) is 21.4. The van der Waals surface area contributed by atoms with E-state index in [2.05, 4.69) is 0 Å². The SMILES string of the molecule is CSCCC(=O)C(C)CC(=O)O. The standard InChI is InChI=1S/C8H14O3S/c1-6(5-8(10)11)7(9)3-4-12-2/h6H,3-5H2,1-2H3,(H,10,11). The highest BCUT2D eigenvalue weighted by atomic mass is 32.2. The van der Waals surface area contributed by atoms with E-state index >= 15 is 0 Å². The van der Waals surface area contributed by atoms with Gasteiger partial charge in [0.1, 0.15) is 5.78 Å². The van der Waals surface area contributed by atoms with Crippen molar-refractivity contribution in [3.05, 3.63) is 0 Å². The van der Waals surface area contributed by atoms with Crippen LogP contribution >= 0.6 is 11.8 Å². The zero-order valence-corrected chi connectivity index (χ0v) is 8.19. The summed E-state index contributed by atoms with van der Waals surface area (Å²) in [5, 5.41) is 8.40. The molecule has 0 aromatic carbocycles. The molecule has 12 heavy (non-hydrogen) atoms. The minimum absolute atomic E-state index is 0.0479. The van der Waals surface area contributed by atoms with Crippen molar-refractivity contribution < 1.29 is 14.7 Å². The summed E-state index contributed by atoms with van der Waals surface area (Å²) in [6.07, 6.45) is 2.36. The third-order valence-corrected chi connectivity index (χ3v) is 2.20. The average molecular weight is 190 g/mol. The first-order valence-electron chi connectivity index (χ1n) is 3.81. The number of Topliss-reactive ketones (excluding diaryl/α,β-unsaturated/α-hetero) is 1. The molecule has 0 rings (SSSR count). The van der Waals surface area contributed by atoms with E-state index in [0.717, 1.165) is 5.75 Å². The van der Waals surface area contributed by atoms with E-state index < -0.39 is 5.97 Å². The second kappa shape index (κ2) is 6.06. The fourth-order valence-corrected chi connectivity index (χ4v) is 1.23. The second-order valence-electron chi connectivity index (χ2n) is 2.71. The third kappa shape index (κ3) is 5.18. The van der Waals surface area contributed by atoms with Crippen LogP contribution in [0.25, 0.3) is 0 Å². The summed E-state index contributed by atoms with van der Waals surface area (Å²) in [6.45, 7) is 1.66. The minimum atomic E-state index is -0.903. The fourth-order valence-electron chi connectivity index (χ4n) is 0.825. The number of ketones is 1. The van der Waals surface area contributed by atoms with Crippen molar-refractivity contribution in [3.8, 4) is 0 Å². The van der Waals surface area contributed by atoms with Gasteiger partial charge in [-0.05, 0) is 12.0 Å². The maximum Gasteiger partial charge on any atom is 0.304 e. The molecular weight excluding hydrogens is 176 g/mol. The Morgan fingerprint density at radius 3 is 2.50 bits per heavy atom. The monoisotopic (exact) mass is 190 g/mol. The van der Waals surface area contributed by atoms with Crippen molar-refractivity contribution in [2.24, 2.45) is 5.92 Å². The van der Waals surface area contributed by atoms with Gasteiger partial charge in [-0.3, -0.25) is 9.59 Å². The molecule has 1 atom stereocenters. The van der Waals surface area contributed by atoms with Crippen molar-refractivity contribution in [1.29, 1.82) is 0 Å². The van der Waals surface area contributed by atoms with E-state index in [9.17, 15) is 9.59 Å². The summed E-state index contributed by atoms with van der Waals surface area (Å²) in [7, 11) is 0. The predicted molar refractivity (Wildman–Crippen MR) is 49.4 cm³/mol. The van der Waals surface area contributed by atoms with Crippen LogP contribution in [-0.4, -0.2) is 28.9 Å². The zero-order valence-electron chi connectivity index (χ0n) is 7.37. The van der Waals surface area contributed by atoms with E-state index in [1.54, 1.807) is 18.7 Å². The van der Waals surface area contributed by atoms with Gasteiger partial charge in [-0.25, -0.2) is 0 Å². The predicted octanol–water partition coefficient (Wildman–Crippen LogP) is 1.42. The molecule has 3 nitrogen and oxygen atoms in total. The summed E-state index contributed by atoms with van der Waals surface area (Å²) < 4.78 is 0. The van der Waals surface area contributed by atoms with E-state index in [-0.39, 0.29) is 18.1 Å². The summed E-state index contributed by atoms with van der Waals surface area (Å²) in [6, 6.07) is 0. The molecule has 70 valence electrons. The van der Waals surface area contributed by atoms with Crippen LogP contribution in [-0.2, 0) is 9.59 Å². The molecule has 0 bridgehead atoms. The number of carbonyl (C=O) groups excluding carboxylic acids is 1. The summed E-state index contributed by atoms with van der Waals surface area (Å²) >= 11 is 1.60. The lowest BCUT2D eigenvalue weighted by Gasteiger charge is -2.05. The molecule has 0 fully saturated rings. The molecule has 0 heterocycles. The number of carbonyl (C=O) groups is 2. The first-order valence-corrected chi connectivity index (χ1v) is 5.20. The Morgan fingerprint density at radius 1 is 1.50 bits per heavy atom. The van der Waals surface area contributed by atoms with Gasteiger partial charge in [-0.1, -0.05) is 6.92 Å². The number of rotatable bonds is 6. The van der Waals surface area contributed by atoms with E-state index in [0.29, 0.717) is 6.42 Å². The van der Waals surface area contributed by atoms with Gasteiger partial charge in [0.25, 0.3) is 0 Å². The van der Waals surface area contributed by atoms with Gasteiger partial charge in [0.2, 0.25) is 0 Å². The van der Waals surface area contributed by atoms with Gasteiger partial charge in [0, 0.05) is 12.3 Å². The van der Waals surface area contributed by atoms with E-state index in [4.69, 9.17) is 5.11 Å². The zero-order chi connectivity index (χ0) is 9.56. The van der Waals surface area contributed by atoms with Crippen LogP contribution in [0, 0.1) is 5.92 Å². The van der Waals surface area contributed by atoms with Crippen molar-refractivity contribution in [3.63, 3.8) is 0 Å². The van der Waals surface area contributed by atoms with Crippen LogP contribution in [0.4, 0.5) is 0 Å². The van der Waals surface area contributed by atoms with Gasteiger partial charge in [0.05, 0.1) is 6.42 Å². The highest BCUT2D eigenvalue weighted by molar-refractivity contribution is 7.98. The molecule has 0 aliphatic heterocycles. The van der Waals surface area contributed by atoms with Gasteiger partial charge in [-0.2, -0.15) is 11.8 Å². The largest absolute Gasteiger partial charge is 0.481 e. The van der Waals surface area contributed by atoms with Crippen LogP contribution in [0.2, 0.25) is 0 Å². The molecular formula is C8H14O3S. The van der Waals surface area contributed by atoms with Crippen LogP contribution < -0.4 is 0 Å². The van der Waals surface area contributed by atoms with E-state index in [1.165, 1.54) is 0 Å². The number of thioether (sulfide) groups is 1. The molecule has 0 amide bonds. The van der Waals surface area contributed by atoms with Crippen LogP contribution in [0.1, 0.15) is 19.8 Å². The smallest absolute Gasteiger partial charge is 0.304 e. The quantitative estimate of drug-likeness (QED) is 0.688. The Balaban J connectivity index is 3.69. The normalized spacial score (nSPS) is 12.5. The molecule has 0 aliphatic carbocycles. The topological polar surface area (TPSA) is 54.4 Å². The maximum absolute atomic E-state index is 11.2. The Bertz CT molecular complexity index is 168. The Hall–Kier alpha value is -0.510. The third-order valence-electron chi connectivity index (χ3n) is 1.58. The fraction of sp³-hybridized carbons (Fsp3) is 0.750. The first kappa shape index (κ1) is 11.5. The van der Waals surface area contributed by atoms with Crippen molar-refractivity contribution in [1.82, 2.24) is 0 Å². The summed E-state index contributed by atoms with van der Waals surface area (Å²) in [5.41, 5.74) is 0. The van der Waals surface area contributed by atoms with Crippen LogP contribution in [0.15, 0.2) is 0 Å². The molecule has 4 heteroatoms. The van der Waals surface area contributed by atoms with Crippen molar-refractivity contribution in [2.75, 3.05) is 12.0 Å². The molecule has 0 aromatic rings. The number of hydrogen-bond donors (Lipinski definition) is 1. The van der Waals surface area contributed by atoms with Gasteiger partial charge >= 0.3 is 5.97 Å². The maximum atomic E-state index is 11.2. The first-order chi connectivity index (χ1) is 5.57. The average Bonchev–Trinajstić information content (AvgIpc) is 1.98. The molecule has 0 spiro atoms. The van der Waals surface area contributed by atoms with Gasteiger partial charge < -0.3 is 5.11 Å². The molecule has 1 N–H and O–H groups in total. The lowest BCUT2D eigenvalue weighted by molar-refractivity contribution is -0.140. The second-order valence-corrected chi connectivity index (χ2v) is 3.69. The minimum Gasteiger partial charge on any atom is -0.481 e. The molecule has 0 saturated heterocycles. The number of aliphatic carboxylic acids is 1. The van der Waals surface area contributed by atoms with Crippen LogP contribution in [0.5, 0.6) is 0 Å². The highest BCUT2D eigenvalue weighted by Gasteiger charge is 2.15. The van der Waals surface area contributed by atoms with E-state index in [1.807, 2.05) is 6.26 Å². The van der Waals surface area contributed by atoms with Gasteiger partial charge in [0.15, 0.2) is 0 Å². The number of carboxylic acid groups (broad SMARTS) is 1. The Labute approximate surface area is 76.5 Å². The van der Waals surface area contributed by atoms with Crippen LogP contribution in [0.3, 0.4) is 0 Å². The number of carboxylic acids is 1. The number of hydrogen-bond acceptors (Lipinski definition) is 3.